The maximum atomic E-state index is 11.0. The zero-order chi connectivity index (χ0) is 15.2. The van der Waals surface area contributed by atoms with Crippen LogP contribution in [-0.4, -0.2) is 52.6 Å². The molecule has 10 heteroatoms. The Morgan fingerprint density at radius 2 is 0.789 bits per heavy atom. The first-order valence-corrected chi connectivity index (χ1v) is 7.76. The first kappa shape index (κ1) is 17.1. The summed E-state index contributed by atoms with van der Waals surface area (Å²) in [6, 6.07) is 0. The van der Waals surface area contributed by atoms with Crippen molar-refractivity contribution in [3.8, 4) is 0 Å². The van der Waals surface area contributed by atoms with E-state index in [1.54, 1.807) is 0 Å². The molecule has 0 fully saturated rings. The zero-order valence-electron chi connectivity index (χ0n) is 10.3. The molecule has 0 amide bonds. The van der Waals surface area contributed by atoms with Crippen molar-refractivity contribution >= 4 is 52.6 Å². The third-order valence-corrected chi connectivity index (χ3v) is 4.03. The van der Waals surface area contributed by atoms with Crippen molar-refractivity contribution in [3.05, 3.63) is 0 Å². The molecular formula is C9H9GaO9. The van der Waals surface area contributed by atoms with Gasteiger partial charge in [-0.25, -0.2) is 0 Å². The average Bonchev–Trinajstić information content (AvgIpc) is 2.27. The van der Waals surface area contributed by atoms with Crippen molar-refractivity contribution in [1.82, 2.24) is 0 Å². The van der Waals surface area contributed by atoms with Crippen LogP contribution < -0.4 is 0 Å². The number of ketones is 3. The van der Waals surface area contributed by atoms with Crippen molar-refractivity contribution in [2.24, 2.45) is 0 Å². The van der Waals surface area contributed by atoms with Crippen LogP contribution in [0.1, 0.15) is 20.8 Å². The zero-order valence-corrected chi connectivity index (χ0v) is 12.7. The van der Waals surface area contributed by atoms with Crippen LogP contribution in [0.5, 0.6) is 0 Å². The van der Waals surface area contributed by atoms with E-state index < -0.39 is 52.6 Å². The summed E-state index contributed by atoms with van der Waals surface area (Å²) in [6.45, 7) is 2.63. The van der Waals surface area contributed by atoms with Crippen molar-refractivity contribution in [1.29, 1.82) is 0 Å². The molecule has 0 aromatic rings. The Labute approximate surface area is 113 Å². The normalized spacial score (nSPS) is 9.00. The summed E-state index contributed by atoms with van der Waals surface area (Å²) < 4.78 is 13.1. The Kier molecular flexibility index (Phi) is 6.72. The van der Waals surface area contributed by atoms with Gasteiger partial charge in [0.1, 0.15) is 0 Å². The first-order valence-electron chi connectivity index (χ1n) is 4.79. The van der Waals surface area contributed by atoms with Gasteiger partial charge in [-0.15, -0.1) is 0 Å². The van der Waals surface area contributed by atoms with E-state index in [1.807, 2.05) is 0 Å². The second kappa shape index (κ2) is 7.48. The van der Waals surface area contributed by atoms with Crippen LogP contribution >= 0.6 is 0 Å². The standard InChI is InChI=1S/3C3H4O3.Ga/c3*1-2(4)3(5)6;/h3*1H3,(H,5,6);/q;;;+3/p-3. The van der Waals surface area contributed by atoms with Crippen LogP contribution in [0, 0.1) is 0 Å². The van der Waals surface area contributed by atoms with Crippen LogP contribution in [-0.2, 0) is 39.4 Å². The van der Waals surface area contributed by atoms with Crippen molar-refractivity contribution in [2.75, 3.05) is 0 Å². The predicted molar refractivity (Wildman–Crippen MR) is 56.1 cm³/mol. The van der Waals surface area contributed by atoms with Gasteiger partial charge >= 0.3 is 113 Å². The van der Waals surface area contributed by atoms with Gasteiger partial charge in [0.25, 0.3) is 0 Å². The molecule has 0 radical (unpaired) electrons. The topological polar surface area (TPSA) is 130 Å². The van der Waals surface area contributed by atoms with E-state index in [0.717, 1.165) is 20.8 Å². The van der Waals surface area contributed by atoms with E-state index in [2.05, 4.69) is 10.6 Å². The minimum atomic E-state index is -4.31. The van der Waals surface area contributed by atoms with Gasteiger partial charge in [0, 0.05) is 0 Å². The molecule has 0 aliphatic rings. The fourth-order valence-corrected chi connectivity index (χ4v) is 3.03. The number of hydrogen-bond donors (Lipinski definition) is 0. The molecule has 0 bridgehead atoms. The van der Waals surface area contributed by atoms with Gasteiger partial charge in [0.15, 0.2) is 0 Å². The molecule has 0 atom stereocenters. The molecule has 0 aliphatic carbocycles. The predicted octanol–water partition coefficient (Wildman–Crippen LogP) is -1.63. The Balaban J connectivity index is 4.82. The third kappa shape index (κ3) is 6.52. The molecule has 0 unspecified atom stereocenters. The van der Waals surface area contributed by atoms with Gasteiger partial charge in [0.05, 0.1) is 0 Å². The number of carbonyl (C=O) groups excluding carboxylic acids is 6. The average molecular weight is 331 g/mol. The Morgan fingerprint density at radius 1 is 0.579 bits per heavy atom. The van der Waals surface area contributed by atoms with E-state index in [9.17, 15) is 28.8 Å². The van der Waals surface area contributed by atoms with E-state index in [1.165, 1.54) is 0 Å². The molecule has 0 N–H and O–H groups in total. The van der Waals surface area contributed by atoms with Crippen molar-refractivity contribution < 1.29 is 39.4 Å². The fourth-order valence-electron chi connectivity index (χ4n) is 0.583. The Bertz CT molecular complexity index is 386. The second-order valence-corrected chi connectivity index (χ2v) is 5.87. The SMILES string of the molecule is CC(=O)C(=O)[O][Ga]([O]C(=O)C(C)=O)[O]C(=O)C(C)=O. The number of Topliss-reactive ketones (excluding diaryl/α,β-unsaturated/α-hetero) is 3. The molecule has 9 nitrogen and oxygen atoms in total. The van der Waals surface area contributed by atoms with Gasteiger partial charge < -0.3 is 0 Å². The molecule has 0 spiro atoms. The van der Waals surface area contributed by atoms with Gasteiger partial charge in [-0.1, -0.05) is 0 Å². The molecular weight excluding hydrogens is 322 g/mol. The van der Waals surface area contributed by atoms with Crippen LogP contribution in [0.15, 0.2) is 0 Å². The van der Waals surface area contributed by atoms with Gasteiger partial charge in [-0.2, -0.15) is 0 Å². The summed E-state index contributed by atoms with van der Waals surface area (Å²) in [5, 5.41) is 0. The summed E-state index contributed by atoms with van der Waals surface area (Å²) >= 11 is -4.31. The summed E-state index contributed by atoms with van der Waals surface area (Å²) in [6.07, 6.45) is 0. The van der Waals surface area contributed by atoms with E-state index in [0.29, 0.717) is 0 Å². The third-order valence-electron chi connectivity index (χ3n) is 1.47. The number of rotatable bonds is 6. The summed E-state index contributed by atoms with van der Waals surface area (Å²) in [7, 11) is 0. The summed E-state index contributed by atoms with van der Waals surface area (Å²) in [4.78, 5) is 64.9. The Morgan fingerprint density at radius 3 is 0.947 bits per heavy atom. The van der Waals surface area contributed by atoms with Gasteiger partial charge in [-0.05, 0) is 0 Å². The maximum absolute atomic E-state index is 11.0. The molecule has 0 saturated carbocycles. The van der Waals surface area contributed by atoms with Crippen molar-refractivity contribution in [2.45, 2.75) is 20.8 Å². The Hall–Kier alpha value is -1.94. The van der Waals surface area contributed by atoms with Crippen molar-refractivity contribution in [3.63, 3.8) is 0 Å². The molecule has 102 valence electrons. The van der Waals surface area contributed by atoms with Gasteiger partial charge in [-0.3, -0.25) is 0 Å². The van der Waals surface area contributed by atoms with E-state index in [-0.39, 0.29) is 0 Å². The molecule has 0 aromatic carbocycles. The fraction of sp³-hybridized carbons (Fsp3) is 0.333. The number of carbonyl (C=O) groups is 6. The van der Waals surface area contributed by atoms with E-state index in [4.69, 9.17) is 0 Å². The first-order chi connectivity index (χ1) is 8.65. The summed E-state index contributed by atoms with van der Waals surface area (Å²) in [5.74, 6) is -7.23. The molecule has 19 heavy (non-hydrogen) atoms. The molecule has 0 rings (SSSR count). The quantitative estimate of drug-likeness (QED) is 0.416. The minimum absolute atomic E-state index is 0.876. The second-order valence-electron chi connectivity index (χ2n) is 3.17. The molecule has 0 aromatic heterocycles. The number of hydrogen-bond acceptors (Lipinski definition) is 9. The van der Waals surface area contributed by atoms with Crippen LogP contribution in [0.4, 0.5) is 0 Å². The summed E-state index contributed by atoms with van der Waals surface area (Å²) in [5.41, 5.74) is 0. The molecule has 0 aliphatic heterocycles. The molecule has 0 heterocycles. The van der Waals surface area contributed by atoms with Crippen LogP contribution in [0.2, 0.25) is 0 Å². The van der Waals surface area contributed by atoms with E-state index >= 15 is 0 Å². The monoisotopic (exact) mass is 330 g/mol. The van der Waals surface area contributed by atoms with Gasteiger partial charge in [0.2, 0.25) is 0 Å². The van der Waals surface area contributed by atoms with Crippen LogP contribution in [0.25, 0.3) is 0 Å². The van der Waals surface area contributed by atoms with Crippen LogP contribution in [0.3, 0.4) is 0 Å². The molecule has 0 saturated heterocycles.